The quantitative estimate of drug-likeness (QED) is 0.279. The van der Waals surface area contributed by atoms with Gasteiger partial charge in [-0.05, 0) is 64.9 Å². The van der Waals surface area contributed by atoms with E-state index in [1.54, 1.807) is 34.6 Å². The summed E-state index contributed by atoms with van der Waals surface area (Å²) in [5.74, 6) is -2.49. The number of carbonyl (C=O) groups excluding carboxylic acids is 3. The highest BCUT2D eigenvalue weighted by Crippen LogP contribution is 2.49. The minimum absolute atomic E-state index is 0.135. The first-order chi connectivity index (χ1) is 15.6. The average Bonchev–Trinajstić information content (AvgIpc) is 3.44. The Hall–Kier alpha value is -2.88. The van der Waals surface area contributed by atoms with Gasteiger partial charge >= 0.3 is 18.0 Å². The third kappa shape index (κ3) is 8.20. The molecule has 182 valence electrons. The van der Waals surface area contributed by atoms with Crippen molar-refractivity contribution in [2.75, 3.05) is 25.1 Å². The third-order valence-electron chi connectivity index (χ3n) is 4.92. The van der Waals surface area contributed by atoms with Gasteiger partial charge in [-0.25, -0.2) is 9.59 Å². The van der Waals surface area contributed by atoms with E-state index in [4.69, 9.17) is 26.4 Å². The summed E-state index contributed by atoms with van der Waals surface area (Å²) in [7, 11) is 0. The van der Waals surface area contributed by atoms with Crippen molar-refractivity contribution >= 4 is 41.0 Å². The van der Waals surface area contributed by atoms with Crippen LogP contribution in [0.1, 0.15) is 34.6 Å². The second-order valence-electron chi connectivity index (χ2n) is 8.60. The van der Waals surface area contributed by atoms with E-state index >= 15 is 0 Å². The van der Waals surface area contributed by atoms with Crippen molar-refractivity contribution in [2.45, 2.75) is 46.3 Å². The number of alkyl carbamates (subject to hydrolysis) is 1. The van der Waals surface area contributed by atoms with E-state index in [2.05, 4.69) is 16.0 Å². The lowest BCUT2D eigenvalue weighted by molar-refractivity contribution is -0.147. The molecule has 1 saturated carbocycles. The lowest BCUT2D eigenvalue weighted by Crippen LogP contribution is -2.46. The smallest absolute Gasteiger partial charge is 0.408 e. The highest BCUT2D eigenvalue weighted by atomic mass is 32.1. The van der Waals surface area contributed by atoms with E-state index in [0.29, 0.717) is 11.7 Å². The molecule has 0 bridgehead atoms. The maximum absolute atomic E-state index is 12.7. The zero-order valence-electron chi connectivity index (χ0n) is 19.7. The Labute approximate surface area is 199 Å². The van der Waals surface area contributed by atoms with Crippen molar-refractivity contribution in [3.63, 3.8) is 0 Å². The molecule has 4 atom stereocenters. The molecule has 33 heavy (non-hydrogen) atoms. The Morgan fingerprint density at radius 1 is 1.06 bits per heavy atom. The van der Waals surface area contributed by atoms with Crippen LogP contribution in [0.3, 0.4) is 0 Å². The van der Waals surface area contributed by atoms with Crippen LogP contribution in [0.15, 0.2) is 30.3 Å². The standard InChI is InChI=1S/C23H33N3O6S/c1-6-30-19(27)17-15(13-24-21(33)25-14-11-9-8-10-12-14)16(17)18(20(28)31-7-2)26-22(29)32-23(3,4)5/h8-12,15-18H,6-7,13H2,1-5H3,(H,26,29)(H2,24,25,33)/t15-,16+,17+,18+/m1/s1. The SMILES string of the molecule is CCOC(=O)[C@H]1[C@H](CNC(=S)Nc2ccccc2)[C@@H]1[C@H](NC(=O)OC(C)(C)C)C(=O)OCC. The van der Waals surface area contributed by atoms with Gasteiger partial charge in [0.1, 0.15) is 11.6 Å². The number of nitrogens with one attached hydrogen (secondary N) is 3. The van der Waals surface area contributed by atoms with Crippen LogP contribution in [0.25, 0.3) is 0 Å². The molecule has 0 aliphatic heterocycles. The Kier molecular flexibility index (Phi) is 9.45. The van der Waals surface area contributed by atoms with Crippen LogP contribution in [0.5, 0.6) is 0 Å². The molecule has 1 aliphatic rings. The summed E-state index contributed by atoms with van der Waals surface area (Å²) in [6.07, 6.45) is -0.761. The molecule has 1 aromatic rings. The van der Waals surface area contributed by atoms with Gasteiger partial charge in [0, 0.05) is 18.2 Å². The van der Waals surface area contributed by atoms with Crippen LogP contribution < -0.4 is 16.0 Å². The van der Waals surface area contributed by atoms with Gasteiger partial charge in [0.15, 0.2) is 5.11 Å². The summed E-state index contributed by atoms with van der Waals surface area (Å²) < 4.78 is 15.6. The molecule has 9 nitrogen and oxygen atoms in total. The molecule has 10 heteroatoms. The lowest BCUT2D eigenvalue weighted by atomic mass is 10.1. The fourth-order valence-corrected chi connectivity index (χ4v) is 3.78. The Balaban J connectivity index is 2.11. The number of ether oxygens (including phenoxy) is 3. The average molecular weight is 480 g/mol. The van der Waals surface area contributed by atoms with Gasteiger partial charge in [0.05, 0.1) is 19.1 Å². The Morgan fingerprint density at radius 2 is 1.70 bits per heavy atom. The van der Waals surface area contributed by atoms with Crippen molar-refractivity contribution in [3.05, 3.63) is 30.3 Å². The monoisotopic (exact) mass is 479 g/mol. The number of carbonyl (C=O) groups is 3. The summed E-state index contributed by atoms with van der Waals surface area (Å²) in [5.41, 5.74) is 0.0733. The second-order valence-corrected chi connectivity index (χ2v) is 9.00. The molecule has 0 spiro atoms. The Bertz CT molecular complexity index is 842. The van der Waals surface area contributed by atoms with Gasteiger partial charge in [-0.15, -0.1) is 0 Å². The normalized spacial score (nSPS) is 20.1. The highest BCUT2D eigenvalue weighted by Gasteiger charge is 2.61. The molecule has 1 aliphatic carbocycles. The van der Waals surface area contributed by atoms with E-state index in [9.17, 15) is 14.4 Å². The van der Waals surface area contributed by atoms with Gasteiger partial charge in [0.2, 0.25) is 0 Å². The molecule has 1 fully saturated rings. The summed E-state index contributed by atoms with van der Waals surface area (Å²) in [4.78, 5) is 37.6. The second kappa shape index (κ2) is 11.8. The third-order valence-corrected chi connectivity index (χ3v) is 5.16. The van der Waals surface area contributed by atoms with Gasteiger partial charge in [0.25, 0.3) is 0 Å². The number of hydrogen-bond donors (Lipinski definition) is 3. The van der Waals surface area contributed by atoms with Crippen LogP contribution in [0.4, 0.5) is 10.5 Å². The molecule has 3 N–H and O–H groups in total. The van der Waals surface area contributed by atoms with Crippen LogP contribution in [0.2, 0.25) is 0 Å². The van der Waals surface area contributed by atoms with E-state index < -0.39 is 41.5 Å². The minimum Gasteiger partial charge on any atom is -0.466 e. The summed E-state index contributed by atoms with van der Waals surface area (Å²) in [5, 5.41) is 9.11. The van der Waals surface area contributed by atoms with Gasteiger partial charge in [-0.2, -0.15) is 0 Å². The van der Waals surface area contributed by atoms with E-state index in [0.717, 1.165) is 5.69 Å². The summed E-state index contributed by atoms with van der Waals surface area (Å²) in [6, 6.07) is 8.34. The number of thiocarbonyl (C=S) groups is 1. The molecule has 1 amide bonds. The van der Waals surface area contributed by atoms with Crippen molar-refractivity contribution in [1.29, 1.82) is 0 Å². The molecule has 0 radical (unpaired) electrons. The summed E-state index contributed by atoms with van der Waals surface area (Å²) >= 11 is 5.35. The number of para-hydroxylation sites is 1. The van der Waals surface area contributed by atoms with Crippen molar-refractivity contribution in [2.24, 2.45) is 17.8 Å². The number of anilines is 1. The predicted octanol–water partition coefficient (Wildman–Crippen LogP) is 2.85. The molecule has 0 saturated heterocycles. The van der Waals surface area contributed by atoms with Gasteiger partial charge in [-0.3, -0.25) is 4.79 Å². The largest absolute Gasteiger partial charge is 0.466 e. The predicted molar refractivity (Wildman–Crippen MR) is 128 cm³/mol. The molecule has 1 aromatic carbocycles. The van der Waals surface area contributed by atoms with Crippen LogP contribution in [0, 0.1) is 17.8 Å². The number of amides is 1. The zero-order valence-corrected chi connectivity index (χ0v) is 20.5. The van der Waals surface area contributed by atoms with Crippen molar-refractivity contribution in [1.82, 2.24) is 10.6 Å². The van der Waals surface area contributed by atoms with Crippen LogP contribution >= 0.6 is 12.2 Å². The van der Waals surface area contributed by atoms with Gasteiger partial charge in [-0.1, -0.05) is 18.2 Å². The van der Waals surface area contributed by atoms with Crippen molar-refractivity contribution in [3.8, 4) is 0 Å². The number of benzene rings is 1. The minimum atomic E-state index is -1.06. The maximum Gasteiger partial charge on any atom is 0.408 e. The fraction of sp³-hybridized carbons (Fsp3) is 0.565. The highest BCUT2D eigenvalue weighted by molar-refractivity contribution is 7.80. The van der Waals surface area contributed by atoms with Crippen molar-refractivity contribution < 1.29 is 28.6 Å². The molecular formula is C23H33N3O6S. The van der Waals surface area contributed by atoms with E-state index in [-0.39, 0.29) is 19.1 Å². The molecule has 2 rings (SSSR count). The zero-order chi connectivity index (χ0) is 24.6. The first-order valence-electron chi connectivity index (χ1n) is 11.0. The van der Waals surface area contributed by atoms with Crippen LogP contribution in [-0.2, 0) is 23.8 Å². The number of hydrogen-bond acceptors (Lipinski definition) is 7. The van der Waals surface area contributed by atoms with E-state index in [1.165, 1.54) is 0 Å². The number of rotatable bonds is 9. The number of esters is 2. The lowest BCUT2D eigenvalue weighted by Gasteiger charge is -2.23. The molecular weight excluding hydrogens is 446 g/mol. The van der Waals surface area contributed by atoms with E-state index in [1.807, 2.05) is 30.3 Å². The van der Waals surface area contributed by atoms with Crippen LogP contribution in [-0.4, -0.2) is 54.5 Å². The first-order valence-corrected chi connectivity index (χ1v) is 11.4. The molecule has 0 unspecified atom stereocenters. The fourth-order valence-electron chi connectivity index (χ4n) is 3.57. The Morgan fingerprint density at radius 3 is 2.27 bits per heavy atom. The van der Waals surface area contributed by atoms with Gasteiger partial charge < -0.3 is 30.2 Å². The first kappa shape index (κ1) is 26.4. The summed E-state index contributed by atoms with van der Waals surface area (Å²) in [6.45, 7) is 9.19. The molecule has 0 heterocycles. The molecule has 0 aromatic heterocycles. The topological polar surface area (TPSA) is 115 Å². The maximum atomic E-state index is 12.7.